The molecule has 1 N–H and O–H groups in total. The average Bonchev–Trinajstić information content (AvgIpc) is 2.81. The van der Waals surface area contributed by atoms with Crippen molar-refractivity contribution >= 4 is 5.91 Å². The largest absolute Gasteiger partial charge is 0.467 e. The summed E-state index contributed by atoms with van der Waals surface area (Å²) in [5.74, 6) is 0.708. The van der Waals surface area contributed by atoms with E-state index < -0.39 is 0 Å². The van der Waals surface area contributed by atoms with Crippen LogP contribution in [-0.4, -0.2) is 19.6 Å². The standard InChI is InChI=1S/C12H17NO3/c1-3-4-7-12(14)13-9-11(15-2)10-6-5-8-16-10/h3,5-6,8,11H,1,4,7,9H2,2H3,(H,13,14). The number of rotatable bonds is 7. The van der Waals surface area contributed by atoms with E-state index in [2.05, 4.69) is 11.9 Å². The molecule has 0 aliphatic heterocycles. The van der Waals surface area contributed by atoms with Gasteiger partial charge >= 0.3 is 0 Å². The Balaban J connectivity index is 2.34. The maximum Gasteiger partial charge on any atom is 0.220 e. The van der Waals surface area contributed by atoms with E-state index in [4.69, 9.17) is 9.15 Å². The van der Waals surface area contributed by atoms with Crippen molar-refractivity contribution < 1.29 is 13.9 Å². The second-order valence-electron chi connectivity index (χ2n) is 3.37. The molecule has 0 radical (unpaired) electrons. The third kappa shape index (κ3) is 3.90. The number of hydrogen-bond donors (Lipinski definition) is 1. The summed E-state index contributed by atoms with van der Waals surface area (Å²) >= 11 is 0. The molecular weight excluding hydrogens is 206 g/mol. The second-order valence-corrected chi connectivity index (χ2v) is 3.37. The maximum atomic E-state index is 11.3. The molecule has 1 amide bonds. The Morgan fingerprint density at radius 3 is 3.12 bits per heavy atom. The summed E-state index contributed by atoms with van der Waals surface area (Å²) in [7, 11) is 1.59. The first-order valence-corrected chi connectivity index (χ1v) is 5.21. The number of carbonyl (C=O) groups excluding carboxylic acids is 1. The summed E-state index contributed by atoms with van der Waals surface area (Å²) in [5.41, 5.74) is 0. The predicted octanol–water partition coefficient (Wildman–Crippen LogP) is 2.05. The van der Waals surface area contributed by atoms with Gasteiger partial charge in [0.05, 0.1) is 12.8 Å². The zero-order valence-corrected chi connectivity index (χ0v) is 9.44. The summed E-state index contributed by atoms with van der Waals surface area (Å²) < 4.78 is 10.4. The molecule has 1 atom stereocenters. The summed E-state index contributed by atoms with van der Waals surface area (Å²) in [4.78, 5) is 11.3. The van der Waals surface area contributed by atoms with E-state index in [1.165, 1.54) is 0 Å². The fraction of sp³-hybridized carbons (Fsp3) is 0.417. The van der Waals surface area contributed by atoms with Gasteiger partial charge in [-0.25, -0.2) is 0 Å². The normalized spacial score (nSPS) is 12.1. The predicted molar refractivity (Wildman–Crippen MR) is 60.9 cm³/mol. The Labute approximate surface area is 95.3 Å². The SMILES string of the molecule is C=CCCC(=O)NCC(OC)c1ccco1. The zero-order valence-electron chi connectivity index (χ0n) is 9.44. The third-order valence-electron chi connectivity index (χ3n) is 2.21. The number of nitrogens with one attached hydrogen (secondary N) is 1. The lowest BCUT2D eigenvalue weighted by Gasteiger charge is -2.13. The summed E-state index contributed by atoms with van der Waals surface area (Å²) in [6, 6.07) is 3.62. The molecule has 0 spiro atoms. The van der Waals surface area contributed by atoms with E-state index in [0.29, 0.717) is 25.1 Å². The van der Waals surface area contributed by atoms with E-state index in [1.54, 1.807) is 25.5 Å². The van der Waals surface area contributed by atoms with Gasteiger partial charge in [0, 0.05) is 13.5 Å². The summed E-state index contributed by atoms with van der Waals surface area (Å²) in [6.45, 7) is 3.98. The fourth-order valence-electron chi connectivity index (χ4n) is 1.30. The molecule has 0 saturated carbocycles. The molecule has 1 aromatic heterocycles. The first kappa shape index (κ1) is 12.5. The quantitative estimate of drug-likeness (QED) is 0.720. The van der Waals surface area contributed by atoms with Crippen molar-refractivity contribution in [3.8, 4) is 0 Å². The molecule has 0 aliphatic carbocycles. The molecule has 88 valence electrons. The van der Waals surface area contributed by atoms with E-state index in [-0.39, 0.29) is 12.0 Å². The Morgan fingerprint density at radius 1 is 1.75 bits per heavy atom. The number of carbonyl (C=O) groups is 1. The van der Waals surface area contributed by atoms with Gasteiger partial charge in [0.1, 0.15) is 11.9 Å². The first-order valence-electron chi connectivity index (χ1n) is 5.21. The van der Waals surface area contributed by atoms with Crippen molar-refractivity contribution in [2.45, 2.75) is 18.9 Å². The van der Waals surface area contributed by atoms with Gasteiger partial charge in [-0.1, -0.05) is 6.08 Å². The Hall–Kier alpha value is -1.55. The lowest BCUT2D eigenvalue weighted by molar-refractivity contribution is -0.121. The van der Waals surface area contributed by atoms with Gasteiger partial charge in [-0.05, 0) is 18.6 Å². The number of furan rings is 1. The number of allylic oxidation sites excluding steroid dienone is 1. The van der Waals surface area contributed by atoms with Crippen molar-refractivity contribution in [1.29, 1.82) is 0 Å². The van der Waals surface area contributed by atoms with Crippen LogP contribution in [0.3, 0.4) is 0 Å². The summed E-state index contributed by atoms with van der Waals surface area (Å²) in [5, 5.41) is 2.79. The molecule has 1 heterocycles. The third-order valence-corrected chi connectivity index (χ3v) is 2.21. The van der Waals surface area contributed by atoms with E-state index in [0.717, 1.165) is 0 Å². The molecule has 0 bridgehead atoms. The van der Waals surface area contributed by atoms with Gasteiger partial charge < -0.3 is 14.5 Å². The van der Waals surface area contributed by atoms with Gasteiger partial charge in [-0.2, -0.15) is 0 Å². The second kappa shape index (κ2) is 6.85. The minimum Gasteiger partial charge on any atom is -0.467 e. The summed E-state index contributed by atoms with van der Waals surface area (Å²) in [6.07, 6.45) is 4.21. The lowest BCUT2D eigenvalue weighted by atomic mass is 10.2. The molecule has 4 nitrogen and oxygen atoms in total. The molecule has 0 saturated heterocycles. The van der Waals surface area contributed by atoms with Crippen molar-refractivity contribution in [3.05, 3.63) is 36.8 Å². The molecule has 1 rings (SSSR count). The Bertz CT molecular complexity index is 319. The molecule has 1 unspecified atom stereocenters. The Kier molecular flexibility index (Phi) is 5.36. The van der Waals surface area contributed by atoms with Gasteiger partial charge in [0.25, 0.3) is 0 Å². The van der Waals surface area contributed by atoms with Gasteiger partial charge in [-0.15, -0.1) is 6.58 Å². The highest BCUT2D eigenvalue weighted by molar-refractivity contribution is 5.76. The number of ether oxygens (including phenoxy) is 1. The molecule has 16 heavy (non-hydrogen) atoms. The minimum absolute atomic E-state index is 0.00601. The lowest BCUT2D eigenvalue weighted by Crippen LogP contribution is -2.28. The van der Waals surface area contributed by atoms with Gasteiger partial charge in [0.2, 0.25) is 5.91 Å². The smallest absolute Gasteiger partial charge is 0.220 e. The van der Waals surface area contributed by atoms with Crippen LogP contribution in [0, 0.1) is 0 Å². The molecule has 1 aromatic rings. The van der Waals surface area contributed by atoms with Gasteiger partial charge in [-0.3, -0.25) is 4.79 Å². The molecule has 0 fully saturated rings. The minimum atomic E-state index is -0.234. The first-order chi connectivity index (χ1) is 7.77. The topological polar surface area (TPSA) is 51.5 Å². The number of hydrogen-bond acceptors (Lipinski definition) is 3. The van der Waals surface area contributed by atoms with E-state index in [1.807, 2.05) is 6.07 Å². The highest BCUT2D eigenvalue weighted by Crippen LogP contribution is 2.15. The van der Waals surface area contributed by atoms with Crippen LogP contribution >= 0.6 is 0 Å². The van der Waals surface area contributed by atoms with Crippen molar-refractivity contribution in [2.24, 2.45) is 0 Å². The van der Waals surface area contributed by atoms with Gasteiger partial charge in [0.15, 0.2) is 0 Å². The van der Waals surface area contributed by atoms with Crippen LogP contribution in [0.2, 0.25) is 0 Å². The molecule has 0 aromatic carbocycles. The zero-order chi connectivity index (χ0) is 11.8. The van der Waals surface area contributed by atoms with Crippen LogP contribution in [0.1, 0.15) is 24.7 Å². The Morgan fingerprint density at radius 2 is 2.56 bits per heavy atom. The van der Waals surface area contributed by atoms with Crippen LogP contribution in [0.15, 0.2) is 35.5 Å². The molecule has 4 heteroatoms. The van der Waals surface area contributed by atoms with Crippen LogP contribution in [0.25, 0.3) is 0 Å². The van der Waals surface area contributed by atoms with Crippen LogP contribution in [-0.2, 0) is 9.53 Å². The van der Waals surface area contributed by atoms with Crippen molar-refractivity contribution in [2.75, 3.05) is 13.7 Å². The number of methoxy groups -OCH3 is 1. The van der Waals surface area contributed by atoms with Crippen LogP contribution in [0.5, 0.6) is 0 Å². The highest BCUT2D eigenvalue weighted by Gasteiger charge is 2.13. The fourth-order valence-corrected chi connectivity index (χ4v) is 1.30. The van der Waals surface area contributed by atoms with Crippen LogP contribution in [0.4, 0.5) is 0 Å². The highest BCUT2D eigenvalue weighted by atomic mass is 16.5. The van der Waals surface area contributed by atoms with Crippen molar-refractivity contribution in [1.82, 2.24) is 5.32 Å². The maximum absolute atomic E-state index is 11.3. The molecular formula is C12H17NO3. The van der Waals surface area contributed by atoms with E-state index >= 15 is 0 Å². The van der Waals surface area contributed by atoms with Crippen LogP contribution < -0.4 is 5.32 Å². The van der Waals surface area contributed by atoms with E-state index in [9.17, 15) is 4.79 Å². The molecule has 0 aliphatic rings. The monoisotopic (exact) mass is 223 g/mol. The van der Waals surface area contributed by atoms with Crippen molar-refractivity contribution in [3.63, 3.8) is 0 Å². The number of amides is 1. The average molecular weight is 223 g/mol.